The second-order valence-corrected chi connectivity index (χ2v) is 8.65. The fraction of sp³-hybridized carbons (Fsp3) is 0.0417. The second kappa shape index (κ2) is 9.48. The molecular weight excluding hydrogens is 508 g/mol. The highest BCUT2D eigenvalue weighted by atomic mass is 79.9. The van der Waals surface area contributed by atoms with Gasteiger partial charge in [-0.25, -0.2) is 4.68 Å². The minimum atomic E-state index is -0.923. The molecule has 4 rings (SSSR count). The van der Waals surface area contributed by atoms with Crippen LogP contribution in [0, 0.1) is 6.92 Å². The van der Waals surface area contributed by atoms with Crippen LogP contribution in [0.3, 0.4) is 0 Å². The Morgan fingerprint density at radius 2 is 1.61 bits per heavy atom. The molecule has 7 nitrogen and oxygen atoms in total. The molecule has 0 unspecified atom stereocenters. The quantitative estimate of drug-likeness (QED) is 0.315. The van der Waals surface area contributed by atoms with Crippen LogP contribution in [0.4, 0.5) is 11.4 Å². The van der Waals surface area contributed by atoms with E-state index in [1.54, 1.807) is 60.7 Å². The Morgan fingerprint density at radius 3 is 2.33 bits per heavy atom. The Labute approximate surface area is 202 Å². The van der Waals surface area contributed by atoms with E-state index in [2.05, 4.69) is 32.0 Å². The van der Waals surface area contributed by atoms with Gasteiger partial charge in [0.1, 0.15) is 5.69 Å². The molecule has 0 aliphatic carbocycles. The smallest absolute Gasteiger partial charge is 0.321 e. The van der Waals surface area contributed by atoms with E-state index in [1.165, 1.54) is 4.68 Å². The molecule has 0 aliphatic heterocycles. The van der Waals surface area contributed by atoms with E-state index in [-0.39, 0.29) is 5.69 Å². The molecule has 3 aromatic carbocycles. The van der Waals surface area contributed by atoms with Gasteiger partial charge in [0.15, 0.2) is 0 Å². The summed E-state index contributed by atoms with van der Waals surface area (Å²) < 4.78 is 2.09. The third-order valence-corrected chi connectivity index (χ3v) is 5.54. The zero-order valence-electron chi connectivity index (χ0n) is 17.4. The first-order valence-electron chi connectivity index (χ1n) is 9.87. The third kappa shape index (κ3) is 5.24. The lowest BCUT2D eigenvalue weighted by Crippen LogP contribution is -2.36. The largest absolute Gasteiger partial charge is 0.328 e. The van der Waals surface area contributed by atoms with Crippen LogP contribution in [0.1, 0.15) is 16.1 Å². The molecule has 0 saturated heterocycles. The van der Waals surface area contributed by atoms with Gasteiger partial charge >= 0.3 is 11.8 Å². The van der Waals surface area contributed by atoms with Gasteiger partial charge < -0.3 is 10.6 Å². The van der Waals surface area contributed by atoms with Gasteiger partial charge in [-0.3, -0.25) is 19.8 Å². The van der Waals surface area contributed by atoms with E-state index in [0.29, 0.717) is 27.3 Å². The molecule has 166 valence electrons. The van der Waals surface area contributed by atoms with Crippen LogP contribution in [0.25, 0.3) is 10.9 Å². The average Bonchev–Trinajstić information content (AvgIpc) is 3.12. The van der Waals surface area contributed by atoms with Crippen molar-refractivity contribution in [1.29, 1.82) is 0 Å². The molecule has 0 saturated carbocycles. The summed E-state index contributed by atoms with van der Waals surface area (Å²) in [4.78, 5) is 38.2. The summed E-state index contributed by atoms with van der Waals surface area (Å²) in [5, 5.41) is 6.47. The van der Waals surface area contributed by atoms with Gasteiger partial charge in [-0.1, -0.05) is 51.3 Å². The summed E-state index contributed by atoms with van der Waals surface area (Å²) in [6, 6.07) is 20.7. The Morgan fingerprint density at radius 1 is 0.848 bits per heavy atom. The third-order valence-electron chi connectivity index (χ3n) is 4.81. The maximum absolute atomic E-state index is 13.0. The van der Waals surface area contributed by atoms with Crippen molar-refractivity contribution in [2.45, 2.75) is 6.92 Å². The highest BCUT2D eigenvalue weighted by Crippen LogP contribution is 2.24. The van der Waals surface area contributed by atoms with Crippen LogP contribution in [0.2, 0.25) is 5.02 Å². The monoisotopic (exact) mass is 524 g/mol. The number of anilines is 2. The number of halogens is 2. The van der Waals surface area contributed by atoms with E-state index in [9.17, 15) is 14.4 Å². The van der Waals surface area contributed by atoms with E-state index in [0.717, 1.165) is 10.0 Å². The lowest BCUT2D eigenvalue weighted by Gasteiger charge is -2.13. The molecule has 3 amide bonds. The number of amides is 3. The maximum atomic E-state index is 13.0. The van der Waals surface area contributed by atoms with Crippen LogP contribution in [-0.4, -0.2) is 22.4 Å². The van der Waals surface area contributed by atoms with Crippen LogP contribution in [0.5, 0.6) is 0 Å². The molecule has 0 radical (unpaired) electrons. The van der Waals surface area contributed by atoms with Crippen LogP contribution >= 0.6 is 27.5 Å². The molecule has 3 N–H and O–H groups in total. The number of aromatic nitrogens is 1. The molecule has 0 bridgehead atoms. The maximum Gasteiger partial charge on any atom is 0.328 e. The van der Waals surface area contributed by atoms with Crippen molar-refractivity contribution in [3.05, 3.63) is 93.5 Å². The van der Waals surface area contributed by atoms with Crippen LogP contribution in [-0.2, 0) is 9.59 Å². The van der Waals surface area contributed by atoms with Crippen molar-refractivity contribution in [3.8, 4) is 0 Å². The fourth-order valence-corrected chi connectivity index (χ4v) is 3.78. The molecule has 1 aromatic heterocycles. The van der Waals surface area contributed by atoms with Gasteiger partial charge in [-0.2, -0.15) is 0 Å². The van der Waals surface area contributed by atoms with Gasteiger partial charge in [0, 0.05) is 26.3 Å². The number of nitrogens with zero attached hydrogens (tertiary/aromatic N) is 1. The molecule has 9 heteroatoms. The van der Waals surface area contributed by atoms with Crippen LogP contribution in [0.15, 0.2) is 77.3 Å². The SMILES string of the molecule is Cc1ccc(NC(=O)C(=O)Nn2c(C(=O)Nc3cccc(Cl)c3)cc3cc(Br)ccc32)cc1. The van der Waals surface area contributed by atoms with Gasteiger partial charge in [0.05, 0.1) is 5.52 Å². The number of nitrogens with one attached hydrogen (secondary N) is 3. The number of carbonyl (C=O) groups is 3. The van der Waals surface area contributed by atoms with Crippen molar-refractivity contribution in [1.82, 2.24) is 4.68 Å². The fourth-order valence-electron chi connectivity index (χ4n) is 3.21. The van der Waals surface area contributed by atoms with Crippen molar-refractivity contribution in [2.24, 2.45) is 0 Å². The summed E-state index contributed by atoms with van der Waals surface area (Å²) in [7, 11) is 0. The van der Waals surface area contributed by atoms with Crippen LogP contribution < -0.4 is 16.1 Å². The minimum Gasteiger partial charge on any atom is -0.321 e. The number of carbonyl (C=O) groups excluding carboxylic acids is 3. The molecule has 1 heterocycles. The Balaban J connectivity index is 1.62. The van der Waals surface area contributed by atoms with Gasteiger partial charge in [-0.05, 0) is 61.5 Å². The Hall–Kier alpha value is -3.62. The number of benzene rings is 3. The van der Waals surface area contributed by atoms with Gasteiger partial charge in [-0.15, -0.1) is 0 Å². The first-order chi connectivity index (χ1) is 15.8. The van der Waals surface area contributed by atoms with Crippen molar-refractivity contribution in [3.63, 3.8) is 0 Å². The molecular formula is C24H18BrClN4O3. The van der Waals surface area contributed by atoms with E-state index in [1.807, 2.05) is 19.1 Å². The van der Waals surface area contributed by atoms with E-state index < -0.39 is 17.7 Å². The standard InChI is InChI=1S/C24H18BrClN4O3/c1-14-5-8-18(9-6-14)27-23(32)24(33)29-30-20-10-7-16(25)11-15(20)12-21(30)22(31)28-19-4-2-3-17(26)13-19/h2-13H,1H3,(H,27,32)(H,28,31)(H,29,33). The summed E-state index contributed by atoms with van der Waals surface area (Å²) >= 11 is 9.41. The van der Waals surface area contributed by atoms with Crippen molar-refractivity contribution in [2.75, 3.05) is 16.1 Å². The predicted octanol–water partition coefficient (Wildman–Crippen LogP) is 5.33. The zero-order chi connectivity index (χ0) is 23.5. The van der Waals surface area contributed by atoms with E-state index >= 15 is 0 Å². The van der Waals surface area contributed by atoms with Crippen molar-refractivity contribution >= 4 is 67.5 Å². The predicted molar refractivity (Wildman–Crippen MR) is 133 cm³/mol. The van der Waals surface area contributed by atoms with Gasteiger partial charge in [0.25, 0.3) is 5.91 Å². The molecule has 33 heavy (non-hydrogen) atoms. The Bertz CT molecular complexity index is 1380. The topological polar surface area (TPSA) is 92.2 Å². The summed E-state index contributed by atoms with van der Waals surface area (Å²) in [5.41, 5.74) is 5.22. The summed E-state index contributed by atoms with van der Waals surface area (Å²) in [6.07, 6.45) is 0. The minimum absolute atomic E-state index is 0.138. The van der Waals surface area contributed by atoms with Crippen molar-refractivity contribution < 1.29 is 14.4 Å². The molecule has 0 atom stereocenters. The summed E-state index contributed by atoms with van der Waals surface area (Å²) in [6.45, 7) is 1.92. The number of hydrogen-bond donors (Lipinski definition) is 3. The average molecular weight is 526 g/mol. The van der Waals surface area contributed by atoms with Gasteiger partial charge in [0.2, 0.25) is 0 Å². The number of aryl methyl sites for hydroxylation is 1. The molecule has 4 aromatic rings. The van der Waals surface area contributed by atoms with E-state index in [4.69, 9.17) is 11.6 Å². The number of hydrogen-bond acceptors (Lipinski definition) is 3. The molecule has 0 aliphatic rings. The Kier molecular flexibility index (Phi) is 6.48. The summed E-state index contributed by atoms with van der Waals surface area (Å²) in [5.74, 6) is -2.27. The number of fused-ring (bicyclic) bond motifs is 1. The molecule has 0 fully saturated rings. The lowest BCUT2D eigenvalue weighted by atomic mass is 10.2. The normalized spacial score (nSPS) is 10.6. The molecule has 0 spiro atoms. The second-order valence-electron chi connectivity index (χ2n) is 7.29. The first kappa shape index (κ1) is 22.6. The number of rotatable bonds is 4. The highest BCUT2D eigenvalue weighted by molar-refractivity contribution is 9.10. The highest BCUT2D eigenvalue weighted by Gasteiger charge is 2.21. The zero-order valence-corrected chi connectivity index (χ0v) is 19.7. The first-order valence-corrected chi connectivity index (χ1v) is 11.0. The lowest BCUT2D eigenvalue weighted by molar-refractivity contribution is -0.133.